The monoisotopic (exact) mass is 487 g/mol. The van der Waals surface area contributed by atoms with Crippen molar-refractivity contribution >= 4 is 51.5 Å². The number of benzene rings is 2. The Balaban J connectivity index is 1.77. The lowest BCUT2D eigenvalue weighted by Gasteiger charge is -2.22. The minimum atomic E-state index is -0.660. The topological polar surface area (TPSA) is 112 Å². The molecule has 10 heteroatoms. The van der Waals surface area contributed by atoms with E-state index in [1.165, 1.54) is 29.2 Å². The molecule has 3 aromatic rings. The zero-order valence-corrected chi connectivity index (χ0v) is 19.8. The molecule has 2 amide bonds. The molecule has 0 saturated carbocycles. The first-order chi connectivity index (χ1) is 15.7. The summed E-state index contributed by atoms with van der Waals surface area (Å²) in [6.07, 6.45) is 0. The molecule has 0 aliphatic rings. The van der Waals surface area contributed by atoms with Gasteiger partial charge in [-0.25, -0.2) is 9.78 Å². The summed E-state index contributed by atoms with van der Waals surface area (Å²) in [6.45, 7) is 4.75. The number of esters is 1. The Morgan fingerprint density at radius 1 is 1.18 bits per heavy atom. The van der Waals surface area contributed by atoms with E-state index < -0.39 is 11.9 Å². The second kappa shape index (κ2) is 10.5. The van der Waals surface area contributed by atoms with E-state index in [0.717, 1.165) is 11.1 Å². The fourth-order valence-corrected chi connectivity index (χ4v) is 4.43. The molecule has 8 nitrogen and oxygen atoms in total. The number of aryl methyl sites for hydroxylation is 2. The summed E-state index contributed by atoms with van der Waals surface area (Å²) < 4.78 is 10.6. The molecule has 0 fully saturated rings. The molecule has 2 aromatic carbocycles. The number of nitrogens with zero attached hydrogens (tertiary/aromatic N) is 2. The number of hydrogen-bond donors (Lipinski definition) is 1. The van der Waals surface area contributed by atoms with Gasteiger partial charge in [0.1, 0.15) is 17.9 Å². The fourth-order valence-electron chi connectivity index (χ4n) is 3.17. The third-order valence-corrected chi connectivity index (χ3v) is 5.66. The van der Waals surface area contributed by atoms with Gasteiger partial charge in [0.15, 0.2) is 11.7 Å². The van der Waals surface area contributed by atoms with Crippen LogP contribution in [0.2, 0.25) is 5.02 Å². The molecule has 0 aliphatic carbocycles. The van der Waals surface area contributed by atoms with E-state index in [2.05, 4.69) is 4.98 Å². The number of para-hydroxylation sites is 1. The number of rotatable bonds is 8. The molecule has 0 spiro atoms. The predicted octanol–water partition coefficient (Wildman–Crippen LogP) is 4.32. The van der Waals surface area contributed by atoms with E-state index in [4.69, 9.17) is 26.8 Å². The lowest BCUT2D eigenvalue weighted by molar-refractivity contribution is -0.120. The summed E-state index contributed by atoms with van der Waals surface area (Å²) >= 11 is 7.67. The van der Waals surface area contributed by atoms with Gasteiger partial charge in [0.25, 0.3) is 5.91 Å². The van der Waals surface area contributed by atoms with Crippen molar-refractivity contribution in [2.45, 2.75) is 27.4 Å². The quantitative estimate of drug-likeness (QED) is 0.473. The molecule has 0 unspecified atom stereocenters. The summed E-state index contributed by atoms with van der Waals surface area (Å²) in [5.41, 5.74) is 8.10. The average Bonchev–Trinajstić information content (AvgIpc) is 3.21. The maximum absolute atomic E-state index is 12.6. The van der Waals surface area contributed by atoms with Crippen LogP contribution in [0.4, 0.5) is 10.8 Å². The first-order valence-electron chi connectivity index (χ1n) is 9.86. The second-order valence-electron chi connectivity index (χ2n) is 7.22. The molecule has 1 aromatic heterocycles. The standard InChI is InChI=1S/C23H22ClN3O5S/c1-13-8-14(2)21(18(24)9-13)27(15(3)28)23-26-16(12-33-23)10-32-22(30)17-6-4-5-7-19(17)31-11-20(25)29/h4-9,12H,10-11H2,1-3H3,(H2,25,29). The molecule has 0 bridgehead atoms. The van der Waals surface area contributed by atoms with Gasteiger partial charge >= 0.3 is 5.97 Å². The molecule has 0 aliphatic heterocycles. The highest BCUT2D eigenvalue weighted by Crippen LogP contribution is 2.37. The highest BCUT2D eigenvalue weighted by Gasteiger charge is 2.23. The zero-order chi connectivity index (χ0) is 24.1. The SMILES string of the molecule is CC(=O)N(c1nc(COC(=O)c2ccccc2OCC(N)=O)cs1)c1c(C)cc(C)cc1Cl. The Morgan fingerprint density at radius 2 is 1.91 bits per heavy atom. The maximum Gasteiger partial charge on any atom is 0.342 e. The van der Waals surface area contributed by atoms with Crippen LogP contribution in [-0.2, 0) is 20.9 Å². The van der Waals surface area contributed by atoms with Crippen molar-refractivity contribution in [3.05, 3.63) is 69.2 Å². The van der Waals surface area contributed by atoms with E-state index in [1.54, 1.807) is 29.6 Å². The van der Waals surface area contributed by atoms with Crippen molar-refractivity contribution in [3.8, 4) is 5.75 Å². The first-order valence-corrected chi connectivity index (χ1v) is 11.1. The molecule has 1 heterocycles. The van der Waals surface area contributed by atoms with E-state index in [9.17, 15) is 14.4 Å². The summed E-state index contributed by atoms with van der Waals surface area (Å²) in [5.74, 6) is -1.37. The largest absolute Gasteiger partial charge is 0.483 e. The lowest BCUT2D eigenvalue weighted by atomic mass is 10.1. The Kier molecular flexibility index (Phi) is 7.67. The number of carbonyl (C=O) groups is 3. The number of nitrogens with two attached hydrogens (primary N) is 1. The van der Waals surface area contributed by atoms with Crippen molar-refractivity contribution in [1.29, 1.82) is 0 Å². The number of anilines is 2. The Morgan fingerprint density at radius 3 is 2.58 bits per heavy atom. The molecule has 0 atom stereocenters. The van der Waals surface area contributed by atoms with Gasteiger partial charge in [-0.05, 0) is 43.2 Å². The van der Waals surface area contributed by atoms with Crippen molar-refractivity contribution in [3.63, 3.8) is 0 Å². The van der Waals surface area contributed by atoms with E-state index >= 15 is 0 Å². The number of ether oxygens (including phenoxy) is 2. The van der Waals surface area contributed by atoms with Gasteiger partial charge in [-0.2, -0.15) is 0 Å². The lowest BCUT2D eigenvalue weighted by Crippen LogP contribution is -2.24. The number of hydrogen-bond acceptors (Lipinski definition) is 7. The highest BCUT2D eigenvalue weighted by molar-refractivity contribution is 7.14. The minimum absolute atomic E-state index is 0.119. The number of primary amides is 1. The van der Waals surface area contributed by atoms with Gasteiger partial charge < -0.3 is 15.2 Å². The van der Waals surface area contributed by atoms with Crippen LogP contribution in [0.3, 0.4) is 0 Å². The third kappa shape index (κ3) is 5.88. The smallest absolute Gasteiger partial charge is 0.342 e. The number of thiazole rings is 1. The van der Waals surface area contributed by atoms with Crippen molar-refractivity contribution < 1.29 is 23.9 Å². The van der Waals surface area contributed by atoms with E-state index in [-0.39, 0.29) is 30.4 Å². The number of halogens is 1. The summed E-state index contributed by atoms with van der Waals surface area (Å²) in [6, 6.07) is 10.1. The van der Waals surface area contributed by atoms with Crippen LogP contribution in [0.1, 0.15) is 34.1 Å². The maximum atomic E-state index is 12.6. The summed E-state index contributed by atoms with van der Waals surface area (Å²) in [4.78, 5) is 41.9. The van der Waals surface area contributed by atoms with Crippen molar-refractivity contribution in [2.75, 3.05) is 11.5 Å². The molecule has 0 radical (unpaired) electrons. The van der Waals surface area contributed by atoms with E-state index in [0.29, 0.717) is 21.5 Å². The number of carbonyl (C=O) groups excluding carboxylic acids is 3. The van der Waals surface area contributed by atoms with Crippen LogP contribution in [0.25, 0.3) is 0 Å². The Bertz CT molecular complexity index is 1190. The normalized spacial score (nSPS) is 10.5. The fraction of sp³-hybridized carbons (Fsp3) is 0.217. The Labute approximate surface area is 199 Å². The van der Waals surface area contributed by atoms with Crippen LogP contribution in [0.15, 0.2) is 41.8 Å². The third-order valence-electron chi connectivity index (χ3n) is 4.50. The molecule has 0 saturated heterocycles. The van der Waals surface area contributed by atoms with Crippen molar-refractivity contribution in [2.24, 2.45) is 5.73 Å². The second-order valence-corrected chi connectivity index (χ2v) is 8.46. The molecular formula is C23H22ClN3O5S. The van der Waals surface area contributed by atoms with Crippen LogP contribution in [0, 0.1) is 13.8 Å². The summed E-state index contributed by atoms with van der Waals surface area (Å²) in [7, 11) is 0. The van der Waals surface area contributed by atoms with Crippen LogP contribution < -0.4 is 15.4 Å². The van der Waals surface area contributed by atoms with Crippen LogP contribution in [0.5, 0.6) is 5.75 Å². The molecule has 172 valence electrons. The predicted molar refractivity (Wildman–Crippen MR) is 126 cm³/mol. The number of amides is 2. The van der Waals surface area contributed by atoms with Gasteiger partial charge in [0.05, 0.1) is 16.4 Å². The first kappa shape index (κ1) is 24.2. The molecule has 33 heavy (non-hydrogen) atoms. The molecular weight excluding hydrogens is 466 g/mol. The van der Waals surface area contributed by atoms with Gasteiger partial charge in [-0.1, -0.05) is 29.8 Å². The number of aromatic nitrogens is 1. The van der Waals surface area contributed by atoms with Gasteiger partial charge in [-0.3, -0.25) is 14.5 Å². The van der Waals surface area contributed by atoms with Gasteiger partial charge in [0.2, 0.25) is 5.91 Å². The molecule has 2 N–H and O–H groups in total. The molecule has 3 rings (SSSR count). The zero-order valence-electron chi connectivity index (χ0n) is 18.3. The van der Waals surface area contributed by atoms with E-state index in [1.807, 2.05) is 19.9 Å². The van der Waals surface area contributed by atoms with Gasteiger partial charge in [0, 0.05) is 12.3 Å². The minimum Gasteiger partial charge on any atom is -0.483 e. The Hall–Kier alpha value is -3.43. The van der Waals surface area contributed by atoms with Gasteiger partial charge in [-0.15, -0.1) is 11.3 Å². The van der Waals surface area contributed by atoms with Crippen LogP contribution in [-0.4, -0.2) is 29.4 Å². The highest BCUT2D eigenvalue weighted by atomic mass is 35.5. The average molecular weight is 488 g/mol. The van der Waals surface area contributed by atoms with Crippen LogP contribution >= 0.6 is 22.9 Å². The summed E-state index contributed by atoms with van der Waals surface area (Å²) in [5, 5.41) is 2.55. The van der Waals surface area contributed by atoms with Crippen molar-refractivity contribution in [1.82, 2.24) is 4.98 Å².